The van der Waals surface area contributed by atoms with Gasteiger partial charge in [-0.15, -0.1) is 11.3 Å². The van der Waals surface area contributed by atoms with Crippen molar-refractivity contribution in [3.05, 3.63) is 21.4 Å². The van der Waals surface area contributed by atoms with Gasteiger partial charge in [-0.25, -0.2) is 0 Å². The number of carboxylic acid groups (broad SMARTS) is 2. The summed E-state index contributed by atoms with van der Waals surface area (Å²) in [4.78, 5) is 38.7. The molecule has 3 aliphatic heterocycles. The number of amides is 1. The Morgan fingerprint density at radius 1 is 1.30 bits per heavy atom. The maximum atomic E-state index is 13.1. The Bertz CT molecular complexity index is 816. The van der Waals surface area contributed by atoms with Crippen molar-refractivity contribution >= 4 is 29.7 Å². The fourth-order valence-corrected chi connectivity index (χ4v) is 6.70. The molecule has 164 valence electrons. The van der Waals surface area contributed by atoms with Crippen molar-refractivity contribution < 1.29 is 29.3 Å². The highest BCUT2D eigenvalue weighted by Crippen LogP contribution is 2.45. The summed E-state index contributed by atoms with van der Waals surface area (Å²) in [5, 5.41) is 15.9. The van der Waals surface area contributed by atoms with Crippen molar-refractivity contribution in [2.24, 2.45) is 5.92 Å². The second-order valence-corrected chi connectivity index (χ2v) is 9.74. The first-order valence-electron chi connectivity index (χ1n) is 10.6. The van der Waals surface area contributed by atoms with E-state index < -0.39 is 5.97 Å². The van der Waals surface area contributed by atoms with E-state index in [9.17, 15) is 9.59 Å². The number of nitrogens with zero attached hydrogens (tertiary/aromatic N) is 2. The molecule has 2 bridgehead atoms. The number of rotatable bonds is 3. The number of piperidine rings is 2. The topological polar surface area (TPSA) is 107 Å². The molecule has 2 N–H and O–H groups in total. The van der Waals surface area contributed by atoms with Crippen LogP contribution in [0.25, 0.3) is 0 Å². The van der Waals surface area contributed by atoms with E-state index >= 15 is 0 Å². The van der Waals surface area contributed by atoms with Gasteiger partial charge in [-0.1, -0.05) is 0 Å². The van der Waals surface area contributed by atoms with E-state index in [1.54, 1.807) is 11.3 Å². The Morgan fingerprint density at radius 3 is 2.63 bits per heavy atom. The molecular formula is C21H28N2O6S. The standard InChI is InChI=1S/C20H26N2O4S.CH2O2/c23-18(24)12-21-6-4-20(5-7-21)15-10-17(27-16(15)3-8-26-20)19(25)22-11-13-1-2-14(22)9-13;2-1-3/h10,13-14H,1-9,11-12H2,(H,23,24);1H,(H,2,3)/t13-,14-;/m0./s1. The van der Waals surface area contributed by atoms with E-state index in [-0.39, 0.29) is 24.5 Å². The molecule has 1 aromatic rings. The zero-order valence-corrected chi connectivity index (χ0v) is 17.7. The summed E-state index contributed by atoms with van der Waals surface area (Å²) < 4.78 is 6.26. The average molecular weight is 437 g/mol. The van der Waals surface area contributed by atoms with Crippen molar-refractivity contribution in [1.29, 1.82) is 0 Å². The van der Waals surface area contributed by atoms with Crippen LogP contribution in [0.5, 0.6) is 0 Å². The Labute approximate surface area is 179 Å². The quantitative estimate of drug-likeness (QED) is 0.698. The summed E-state index contributed by atoms with van der Waals surface area (Å²) in [6.07, 6.45) is 6.09. The highest BCUT2D eigenvalue weighted by Gasteiger charge is 2.44. The summed E-state index contributed by atoms with van der Waals surface area (Å²) in [5.74, 6) is 0.140. The number of ether oxygens (including phenoxy) is 1. The highest BCUT2D eigenvalue weighted by atomic mass is 32.1. The molecule has 2 atom stereocenters. The lowest BCUT2D eigenvalue weighted by Crippen LogP contribution is -2.47. The second-order valence-electron chi connectivity index (χ2n) is 8.61. The van der Waals surface area contributed by atoms with Crippen LogP contribution < -0.4 is 0 Å². The molecule has 5 rings (SSSR count). The Balaban J connectivity index is 0.000000687. The molecule has 2 saturated heterocycles. The van der Waals surface area contributed by atoms with Gasteiger partial charge in [-0.3, -0.25) is 19.3 Å². The van der Waals surface area contributed by atoms with Crippen LogP contribution in [-0.2, 0) is 26.3 Å². The fraction of sp³-hybridized carbons (Fsp3) is 0.667. The molecule has 0 unspecified atom stereocenters. The maximum absolute atomic E-state index is 13.1. The number of thiophene rings is 1. The molecule has 0 radical (unpaired) electrons. The first kappa shape index (κ1) is 21.3. The molecule has 30 heavy (non-hydrogen) atoms. The zero-order valence-electron chi connectivity index (χ0n) is 16.9. The first-order valence-corrected chi connectivity index (χ1v) is 11.4. The molecule has 1 aromatic heterocycles. The fourth-order valence-electron chi connectivity index (χ4n) is 5.51. The van der Waals surface area contributed by atoms with E-state index in [1.807, 2.05) is 4.90 Å². The van der Waals surface area contributed by atoms with Gasteiger partial charge in [0.25, 0.3) is 12.4 Å². The zero-order chi connectivity index (χ0) is 21.3. The highest BCUT2D eigenvalue weighted by molar-refractivity contribution is 7.14. The number of carboxylic acids is 1. The van der Waals surface area contributed by atoms with Crippen LogP contribution in [0, 0.1) is 5.92 Å². The number of carbonyl (C=O) groups is 3. The van der Waals surface area contributed by atoms with Crippen LogP contribution in [0.2, 0.25) is 0 Å². The lowest BCUT2D eigenvalue weighted by Gasteiger charge is -2.43. The smallest absolute Gasteiger partial charge is 0.317 e. The minimum atomic E-state index is -0.778. The molecule has 0 aromatic carbocycles. The second kappa shape index (κ2) is 8.64. The van der Waals surface area contributed by atoms with E-state index in [0.717, 1.165) is 50.2 Å². The van der Waals surface area contributed by atoms with E-state index in [1.165, 1.54) is 23.3 Å². The van der Waals surface area contributed by atoms with Crippen molar-refractivity contribution in [2.75, 3.05) is 32.8 Å². The third-order valence-corrected chi connectivity index (χ3v) is 8.09. The van der Waals surface area contributed by atoms with Gasteiger partial charge in [0.2, 0.25) is 0 Å². The van der Waals surface area contributed by atoms with Crippen molar-refractivity contribution in [3.8, 4) is 0 Å². The molecule has 9 heteroatoms. The van der Waals surface area contributed by atoms with Gasteiger partial charge in [0.15, 0.2) is 0 Å². The molecule has 1 spiro atoms. The summed E-state index contributed by atoms with van der Waals surface area (Å²) in [7, 11) is 0. The van der Waals surface area contributed by atoms with Gasteiger partial charge < -0.3 is 19.8 Å². The van der Waals surface area contributed by atoms with E-state index in [2.05, 4.69) is 11.0 Å². The Morgan fingerprint density at radius 2 is 2.03 bits per heavy atom. The average Bonchev–Trinajstić information content (AvgIpc) is 3.45. The minimum absolute atomic E-state index is 0.0911. The van der Waals surface area contributed by atoms with Gasteiger partial charge in [-0.2, -0.15) is 0 Å². The van der Waals surface area contributed by atoms with E-state index in [4.69, 9.17) is 19.7 Å². The molecule has 8 nitrogen and oxygen atoms in total. The molecular weight excluding hydrogens is 408 g/mol. The van der Waals surface area contributed by atoms with Gasteiger partial charge in [0, 0.05) is 37.0 Å². The number of likely N-dealkylation sites (tertiary alicyclic amines) is 2. The number of carbonyl (C=O) groups excluding carboxylic acids is 1. The van der Waals surface area contributed by atoms with Crippen LogP contribution >= 0.6 is 11.3 Å². The first-order chi connectivity index (χ1) is 14.5. The number of fused-ring (bicyclic) bond motifs is 4. The van der Waals surface area contributed by atoms with Crippen molar-refractivity contribution in [1.82, 2.24) is 9.80 Å². The van der Waals surface area contributed by atoms with Gasteiger partial charge in [0.1, 0.15) is 0 Å². The van der Waals surface area contributed by atoms with Crippen LogP contribution in [0.15, 0.2) is 6.07 Å². The Kier molecular flexibility index (Phi) is 6.13. The van der Waals surface area contributed by atoms with Crippen molar-refractivity contribution in [2.45, 2.75) is 50.2 Å². The predicted molar refractivity (Wildman–Crippen MR) is 110 cm³/mol. The van der Waals surface area contributed by atoms with Crippen molar-refractivity contribution in [3.63, 3.8) is 0 Å². The van der Waals surface area contributed by atoms with Crippen LogP contribution in [0.1, 0.15) is 52.2 Å². The molecule has 4 heterocycles. The third-order valence-electron chi connectivity index (χ3n) is 6.91. The number of hydrogen-bond acceptors (Lipinski definition) is 6. The molecule has 1 amide bonds. The van der Waals surface area contributed by atoms with Gasteiger partial charge in [-0.05, 0) is 49.7 Å². The summed E-state index contributed by atoms with van der Waals surface area (Å²) in [6, 6.07) is 2.55. The van der Waals surface area contributed by atoms with Gasteiger partial charge >= 0.3 is 5.97 Å². The monoisotopic (exact) mass is 436 g/mol. The lowest BCUT2D eigenvalue weighted by atomic mass is 9.82. The molecule has 1 saturated carbocycles. The minimum Gasteiger partial charge on any atom is -0.483 e. The lowest BCUT2D eigenvalue weighted by molar-refractivity contribution is -0.141. The van der Waals surface area contributed by atoms with Crippen LogP contribution in [0.4, 0.5) is 0 Å². The number of aliphatic carboxylic acids is 1. The van der Waals surface area contributed by atoms with Crippen LogP contribution in [0.3, 0.4) is 0 Å². The SMILES string of the molecule is O=C(O)CN1CCC2(CC1)OCCc1sc(C(=O)N3C[C@H]4CC[C@H]3C4)cc12.O=CO. The predicted octanol–water partition coefficient (Wildman–Crippen LogP) is 2.02. The van der Waals surface area contributed by atoms with Crippen LogP contribution in [-0.4, -0.2) is 77.2 Å². The summed E-state index contributed by atoms with van der Waals surface area (Å²) in [5.41, 5.74) is 0.864. The molecule has 3 fully saturated rings. The molecule has 4 aliphatic rings. The third kappa shape index (κ3) is 3.98. The maximum Gasteiger partial charge on any atom is 0.317 e. The largest absolute Gasteiger partial charge is 0.483 e. The summed E-state index contributed by atoms with van der Waals surface area (Å²) >= 11 is 1.66. The van der Waals surface area contributed by atoms with Gasteiger partial charge in [0.05, 0.1) is 23.6 Å². The summed E-state index contributed by atoms with van der Waals surface area (Å²) in [6.45, 7) is 2.90. The molecule has 1 aliphatic carbocycles. The number of hydrogen-bond donors (Lipinski definition) is 2. The Hall–Kier alpha value is -1.97. The van der Waals surface area contributed by atoms with E-state index in [0.29, 0.717) is 18.6 Å². The normalized spacial score (nSPS) is 26.7.